The molecule has 0 amide bonds. The van der Waals surface area contributed by atoms with Gasteiger partial charge in [0, 0.05) is 33.4 Å². The zero-order chi connectivity index (χ0) is 40.1. The highest BCUT2D eigenvalue weighted by molar-refractivity contribution is 5.82. The predicted octanol–water partition coefficient (Wildman–Crippen LogP) is 13.1. The summed E-state index contributed by atoms with van der Waals surface area (Å²) in [6.07, 6.45) is 0. The van der Waals surface area contributed by atoms with E-state index in [2.05, 4.69) is 115 Å². The van der Waals surface area contributed by atoms with Crippen molar-refractivity contribution in [3.8, 4) is 102 Å². The number of hydrogen-bond acceptors (Lipinski definition) is 6. The number of aromatic nitrogens is 6. The van der Waals surface area contributed by atoms with Crippen molar-refractivity contribution in [1.82, 2.24) is 29.9 Å². The van der Waals surface area contributed by atoms with E-state index in [1.165, 1.54) is 0 Å². The van der Waals surface area contributed by atoms with Crippen molar-refractivity contribution in [3.63, 3.8) is 0 Å². The van der Waals surface area contributed by atoms with Gasteiger partial charge in [-0.25, -0.2) is 29.9 Å². The number of hydrogen-bond donors (Lipinski definition) is 0. The zero-order valence-corrected chi connectivity index (χ0v) is 32.5. The van der Waals surface area contributed by atoms with Crippen molar-refractivity contribution in [3.05, 3.63) is 218 Å². The van der Waals surface area contributed by atoms with E-state index in [1.54, 1.807) is 0 Å². The maximum atomic E-state index is 5.09. The Morgan fingerprint density at radius 2 is 0.383 bits per heavy atom. The van der Waals surface area contributed by atoms with Crippen molar-refractivity contribution in [2.75, 3.05) is 0 Å². The summed E-state index contributed by atoms with van der Waals surface area (Å²) in [7, 11) is 0. The van der Waals surface area contributed by atoms with Gasteiger partial charge in [0.1, 0.15) is 0 Å². The summed E-state index contributed by atoms with van der Waals surface area (Å²) < 4.78 is 0. The number of rotatable bonds is 9. The van der Waals surface area contributed by atoms with Crippen LogP contribution in [0.1, 0.15) is 0 Å². The van der Waals surface area contributed by atoms with E-state index in [0.717, 1.165) is 66.8 Å². The Morgan fingerprint density at radius 1 is 0.150 bits per heavy atom. The third-order valence-corrected chi connectivity index (χ3v) is 10.4. The first-order valence-corrected chi connectivity index (χ1v) is 19.9. The van der Waals surface area contributed by atoms with Crippen molar-refractivity contribution in [2.45, 2.75) is 0 Å². The molecule has 6 heteroatoms. The van der Waals surface area contributed by atoms with Crippen LogP contribution >= 0.6 is 0 Å². The second kappa shape index (κ2) is 16.3. The molecular formula is C54H36N6. The molecule has 0 saturated carbocycles. The molecule has 0 aliphatic carbocycles. The second-order valence-electron chi connectivity index (χ2n) is 14.4. The minimum absolute atomic E-state index is 0.588. The summed E-state index contributed by atoms with van der Waals surface area (Å²) in [6.45, 7) is 0. The minimum atomic E-state index is 0.588. The summed E-state index contributed by atoms with van der Waals surface area (Å²) in [5.41, 5.74) is 11.9. The molecule has 2 heterocycles. The molecule has 282 valence electrons. The molecule has 0 spiro atoms. The summed E-state index contributed by atoms with van der Waals surface area (Å²) in [4.78, 5) is 30.3. The van der Waals surface area contributed by atoms with Crippen molar-refractivity contribution in [1.29, 1.82) is 0 Å². The van der Waals surface area contributed by atoms with Gasteiger partial charge >= 0.3 is 0 Å². The average molecular weight is 769 g/mol. The lowest BCUT2D eigenvalue weighted by atomic mass is 9.95. The second-order valence-corrected chi connectivity index (χ2v) is 14.4. The van der Waals surface area contributed by atoms with Gasteiger partial charge in [-0.1, -0.05) is 194 Å². The fourth-order valence-electron chi connectivity index (χ4n) is 7.29. The van der Waals surface area contributed by atoms with Crippen LogP contribution in [0.5, 0.6) is 0 Å². The van der Waals surface area contributed by atoms with Gasteiger partial charge in [0.15, 0.2) is 34.9 Å². The van der Waals surface area contributed by atoms with Gasteiger partial charge in [-0.3, -0.25) is 0 Å². The SMILES string of the molecule is c1ccc(-c2ccc(-c3nc(-c4ccccc4)nc(-c4cccc(-c5cc(-c6ccccc6)cc(-c6nc(-c7ccccc7)nc(-c7ccccc7)n6)c5)c4)n3)cc2)cc1. The predicted molar refractivity (Wildman–Crippen MR) is 242 cm³/mol. The normalized spacial score (nSPS) is 11.0. The summed E-state index contributed by atoms with van der Waals surface area (Å²) >= 11 is 0. The Bertz CT molecular complexity index is 2990. The van der Waals surface area contributed by atoms with Crippen LogP contribution in [0.15, 0.2) is 218 Å². The number of nitrogens with zero attached hydrogens (tertiary/aromatic N) is 6. The summed E-state index contributed by atoms with van der Waals surface area (Å²) in [5.74, 6) is 3.62. The van der Waals surface area contributed by atoms with Gasteiger partial charge in [0.25, 0.3) is 0 Å². The highest BCUT2D eigenvalue weighted by Crippen LogP contribution is 2.35. The molecule has 60 heavy (non-hydrogen) atoms. The van der Waals surface area contributed by atoms with E-state index in [1.807, 2.05) is 103 Å². The molecule has 0 atom stereocenters. The standard InChI is InChI=1S/C54H36N6/c1-6-17-37(18-7-1)39-29-31-43(32-30-39)52-56-49(40-21-10-3-11-22-40)57-53(58-52)45-28-16-27-44(33-45)47-34-46(38-19-8-2-9-20-38)35-48(36-47)54-59-50(41-23-12-4-13-24-41)55-51(60-54)42-25-14-5-15-26-42/h1-36H. The van der Waals surface area contributed by atoms with Crippen LogP contribution < -0.4 is 0 Å². The fraction of sp³-hybridized carbons (Fsp3) is 0. The molecule has 0 N–H and O–H groups in total. The zero-order valence-electron chi connectivity index (χ0n) is 32.5. The summed E-state index contributed by atoms with van der Waals surface area (Å²) in [5, 5.41) is 0. The Morgan fingerprint density at radius 3 is 0.817 bits per heavy atom. The van der Waals surface area contributed by atoms with Crippen LogP contribution in [0.4, 0.5) is 0 Å². The molecule has 0 unspecified atom stereocenters. The van der Waals surface area contributed by atoms with E-state index in [0.29, 0.717) is 34.9 Å². The van der Waals surface area contributed by atoms with Gasteiger partial charge < -0.3 is 0 Å². The first-order chi connectivity index (χ1) is 29.7. The van der Waals surface area contributed by atoms with Crippen LogP contribution in [0.25, 0.3) is 102 Å². The van der Waals surface area contributed by atoms with Crippen LogP contribution in [-0.2, 0) is 0 Å². The maximum Gasteiger partial charge on any atom is 0.164 e. The monoisotopic (exact) mass is 768 g/mol. The lowest BCUT2D eigenvalue weighted by Gasteiger charge is -2.13. The van der Waals surface area contributed by atoms with Gasteiger partial charge in [0.2, 0.25) is 0 Å². The number of benzene rings is 8. The molecule has 0 aliphatic heterocycles. The van der Waals surface area contributed by atoms with Gasteiger partial charge in [-0.15, -0.1) is 0 Å². The van der Waals surface area contributed by atoms with E-state index < -0.39 is 0 Å². The smallest absolute Gasteiger partial charge is 0.164 e. The van der Waals surface area contributed by atoms with Crippen LogP contribution in [0.2, 0.25) is 0 Å². The van der Waals surface area contributed by atoms with E-state index in [4.69, 9.17) is 29.9 Å². The molecule has 10 rings (SSSR count). The Labute approximate surface area is 348 Å². The average Bonchev–Trinajstić information content (AvgIpc) is 3.35. The first kappa shape index (κ1) is 36.1. The molecule has 0 saturated heterocycles. The molecule has 6 nitrogen and oxygen atoms in total. The Hall–Kier alpha value is -8.22. The van der Waals surface area contributed by atoms with Crippen molar-refractivity contribution < 1.29 is 0 Å². The highest BCUT2D eigenvalue weighted by Gasteiger charge is 2.17. The third kappa shape index (κ3) is 7.73. The van der Waals surface area contributed by atoms with E-state index >= 15 is 0 Å². The molecule has 0 fully saturated rings. The van der Waals surface area contributed by atoms with Gasteiger partial charge in [-0.2, -0.15) is 0 Å². The molecule has 2 aromatic heterocycles. The largest absolute Gasteiger partial charge is 0.208 e. The molecular weight excluding hydrogens is 733 g/mol. The van der Waals surface area contributed by atoms with E-state index in [-0.39, 0.29) is 0 Å². The third-order valence-electron chi connectivity index (χ3n) is 10.4. The van der Waals surface area contributed by atoms with Crippen molar-refractivity contribution in [2.24, 2.45) is 0 Å². The highest BCUT2D eigenvalue weighted by atomic mass is 15.0. The maximum absolute atomic E-state index is 5.09. The molecule has 10 aromatic rings. The minimum Gasteiger partial charge on any atom is -0.208 e. The van der Waals surface area contributed by atoms with Crippen LogP contribution in [-0.4, -0.2) is 29.9 Å². The van der Waals surface area contributed by atoms with E-state index in [9.17, 15) is 0 Å². The fourth-order valence-corrected chi connectivity index (χ4v) is 7.29. The lowest BCUT2D eigenvalue weighted by molar-refractivity contribution is 1.07. The van der Waals surface area contributed by atoms with Crippen molar-refractivity contribution >= 4 is 0 Å². The topological polar surface area (TPSA) is 77.3 Å². The quantitative estimate of drug-likeness (QED) is 0.145. The van der Waals surface area contributed by atoms with Gasteiger partial charge in [-0.05, 0) is 57.6 Å². The Kier molecular flexibility index (Phi) is 9.84. The lowest BCUT2D eigenvalue weighted by Crippen LogP contribution is -2.01. The molecule has 8 aromatic carbocycles. The Balaban J connectivity index is 1.10. The summed E-state index contributed by atoms with van der Waals surface area (Å²) in [6, 6.07) is 74.3. The van der Waals surface area contributed by atoms with Crippen LogP contribution in [0, 0.1) is 0 Å². The molecule has 0 radical (unpaired) electrons. The van der Waals surface area contributed by atoms with Gasteiger partial charge in [0.05, 0.1) is 0 Å². The molecule has 0 bridgehead atoms. The van der Waals surface area contributed by atoms with Crippen LogP contribution in [0.3, 0.4) is 0 Å². The first-order valence-electron chi connectivity index (χ1n) is 19.9. The molecule has 0 aliphatic rings.